The number of rotatable bonds is 5. The van der Waals surface area contributed by atoms with Crippen LogP contribution < -0.4 is 10.6 Å². The first-order valence-corrected chi connectivity index (χ1v) is 7.32. The van der Waals surface area contributed by atoms with Gasteiger partial charge in [0.25, 0.3) is 5.91 Å². The van der Waals surface area contributed by atoms with Crippen molar-refractivity contribution in [3.8, 4) is 0 Å². The van der Waals surface area contributed by atoms with Crippen molar-refractivity contribution in [1.82, 2.24) is 4.98 Å². The number of nitrogens with zero attached hydrogens (tertiary/aromatic N) is 1. The molecular weight excluding hydrogens is 286 g/mol. The van der Waals surface area contributed by atoms with Gasteiger partial charge in [-0.1, -0.05) is 36.7 Å². The molecule has 110 valence electrons. The van der Waals surface area contributed by atoms with E-state index >= 15 is 0 Å². The molecule has 0 saturated heterocycles. The van der Waals surface area contributed by atoms with Crippen LogP contribution in [0.15, 0.2) is 36.5 Å². The van der Waals surface area contributed by atoms with Crippen LogP contribution in [0.3, 0.4) is 0 Å². The highest BCUT2D eigenvalue weighted by Gasteiger charge is 2.13. The molecule has 0 radical (unpaired) electrons. The fourth-order valence-corrected chi connectivity index (χ4v) is 2.22. The minimum atomic E-state index is -0.234. The summed E-state index contributed by atoms with van der Waals surface area (Å²) in [5.74, 6) is 0.401. The van der Waals surface area contributed by atoms with Crippen molar-refractivity contribution in [3.63, 3.8) is 0 Å². The maximum Gasteiger partial charge on any atom is 0.257 e. The Balaban J connectivity index is 2.25. The molecule has 2 N–H and O–H groups in total. The number of carbonyl (C=O) groups excluding carboxylic acids is 1. The lowest BCUT2D eigenvalue weighted by Gasteiger charge is -2.11. The Morgan fingerprint density at radius 3 is 2.76 bits per heavy atom. The van der Waals surface area contributed by atoms with Crippen molar-refractivity contribution in [2.24, 2.45) is 0 Å². The topological polar surface area (TPSA) is 54.0 Å². The van der Waals surface area contributed by atoms with Gasteiger partial charge in [0.05, 0.1) is 10.6 Å². The van der Waals surface area contributed by atoms with E-state index < -0.39 is 0 Å². The van der Waals surface area contributed by atoms with Gasteiger partial charge < -0.3 is 10.6 Å². The fraction of sp³-hybridized carbons (Fsp3) is 0.250. The molecule has 0 aliphatic rings. The number of para-hydroxylation sites is 1. The van der Waals surface area contributed by atoms with Gasteiger partial charge in [0, 0.05) is 18.4 Å². The third kappa shape index (κ3) is 3.73. The second-order valence-corrected chi connectivity index (χ2v) is 4.95. The molecule has 21 heavy (non-hydrogen) atoms. The lowest BCUT2D eigenvalue weighted by Crippen LogP contribution is -2.14. The first kappa shape index (κ1) is 15.3. The summed E-state index contributed by atoms with van der Waals surface area (Å²) in [5.41, 5.74) is 2.30. The van der Waals surface area contributed by atoms with Gasteiger partial charge in [-0.05, 0) is 31.0 Å². The average molecular weight is 304 g/mol. The molecule has 1 amide bonds. The number of hydrogen-bond acceptors (Lipinski definition) is 3. The SMILES string of the molecule is CCNc1cc(C(=O)Nc2ccccc2CC)c(Cl)cn1. The molecule has 2 rings (SSSR count). The molecule has 1 aromatic carbocycles. The molecular formula is C16H18ClN3O. The summed E-state index contributed by atoms with van der Waals surface area (Å²) >= 11 is 6.08. The fourth-order valence-electron chi connectivity index (χ4n) is 2.03. The number of hydrogen-bond donors (Lipinski definition) is 2. The first-order chi connectivity index (χ1) is 10.2. The number of aromatic nitrogens is 1. The monoisotopic (exact) mass is 303 g/mol. The van der Waals surface area contributed by atoms with Crippen LogP contribution in [0.1, 0.15) is 29.8 Å². The van der Waals surface area contributed by atoms with Crippen LogP contribution in [0.4, 0.5) is 11.5 Å². The number of anilines is 2. The van der Waals surface area contributed by atoms with Crippen molar-refractivity contribution in [2.75, 3.05) is 17.2 Å². The summed E-state index contributed by atoms with van der Waals surface area (Å²) < 4.78 is 0. The normalized spacial score (nSPS) is 10.2. The molecule has 5 heteroatoms. The van der Waals surface area contributed by atoms with Gasteiger partial charge in [0.15, 0.2) is 0 Å². The summed E-state index contributed by atoms with van der Waals surface area (Å²) in [6, 6.07) is 9.39. The highest BCUT2D eigenvalue weighted by molar-refractivity contribution is 6.34. The highest BCUT2D eigenvalue weighted by atomic mass is 35.5. The van der Waals surface area contributed by atoms with Crippen LogP contribution in [-0.2, 0) is 6.42 Å². The number of aryl methyl sites for hydroxylation is 1. The summed E-state index contributed by atoms with van der Waals surface area (Å²) in [5, 5.41) is 6.31. The second-order valence-electron chi connectivity index (χ2n) is 4.54. The van der Waals surface area contributed by atoms with E-state index in [1.54, 1.807) is 6.07 Å². The lowest BCUT2D eigenvalue weighted by atomic mass is 10.1. The molecule has 0 unspecified atom stereocenters. The number of halogens is 1. The number of pyridine rings is 1. The Kier molecular flexibility index (Phi) is 5.17. The molecule has 0 saturated carbocycles. The van der Waals surface area contributed by atoms with E-state index in [9.17, 15) is 4.79 Å². The van der Waals surface area contributed by atoms with Crippen molar-refractivity contribution in [3.05, 3.63) is 52.7 Å². The largest absolute Gasteiger partial charge is 0.370 e. The summed E-state index contributed by atoms with van der Waals surface area (Å²) in [4.78, 5) is 16.5. The van der Waals surface area contributed by atoms with E-state index in [1.165, 1.54) is 6.20 Å². The molecule has 4 nitrogen and oxygen atoms in total. The zero-order valence-electron chi connectivity index (χ0n) is 12.1. The van der Waals surface area contributed by atoms with Crippen LogP contribution >= 0.6 is 11.6 Å². The quantitative estimate of drug-likeness (QED) is 0.878. The predicted octanol–water partition coefficient (Wildman–Crippen LogP) is 3.98. The van der Waals surface area contributed by atoms with Gasteiger partial charge in [0.2, 0.25) is 0 Å². The zero-order valence-corrected chi connectivity index (χ0v) is 12.9. The van der Waals surface area contributed by atoms with Gasteiger partial charge in [-0.25, -0.2) is 4.98 Å². The van der Waals surface area contributed by atoms with Crippen LogP contribution in [0.25, 0.3) is 0 Å². The van der Waals surface area contributed by atoms with E-state index in [1.807, 2.05) is 38.1 Å². The van der Waals surface area contributed by atoms with E-state index in [0.29, 0.717) is 16.4 Å². The van der Waals surface area contributed by atoms with Crippen LogP contribution in [0, 0.1) is 0 Å². The van der Waals surface area contributed by atoms with Crippen molar-refractivity contribution in [2.45, 2.75) is 20.3 Å². The van der Waals surface area contributed by atoms with Crippen molar-refractivity contribution < 1.29 is 4.79 Å². The molecule has 0 spiro atoms. The molecule has 2 aromatic rings. The molecule has 0 fully saturated rings. The summed E-state index contributed by atoms with van der Waals surface area (Å²) in [6.07, 6.45) is 2.34. The second kappa shape index (κ2) is 7.09. The predicted molar refractivity (Wildman–Crippen MR) is 87.2 cm³/mol. The Bertz CT molecular complexity index is 643. The highest BCUT2D eigenvalue weighted by Crippen LogP contribution is 2.21. The summed E-state index contributed by atoms with van der Waals surface area (Å²) in [7, 11) is 0. The molecule has 1 aromatic heterocycles. The van der Waals surface area contributed by atoms with Crippen LogP contribution in [0.2, 0.25) is 5.02 Å². The van der Waals surface area contributed by atoms with Gasteiger partial charge in [-0.3, -0.25) is 4.79 Å². The molecule has 1 heterocycles. The maximum absolute atomic E-state index is 12.4. The standard InChI is InChI=1S/C16H18ClN3O/c1-3-11-7-5-6-8-14(11)20-16(21)12-9-15(18-4-2)19-10-13(12)17/h5-10H,3-4H2,1-2H3,(H,18,19)(H,20,21). The van der Waals surface area contributed by atoms with E-state index in [-0.39, 0.29) is 5.91 Å². The number of benzene rings is 1. The molecule has 0 bridgehead atoms. The lowest BCUT2D eigenvalue weighted by molar-refractivity contribution is 0.102. The number of nitrogens with one attached hydrogen (secondary N) is 2. The van der Waals surface area contributed by atoms with Gasteiger partial charge in [0.1, 0.15) is 5.82 Å². The van der Waals surface area contributed by atoms with Crippen LogP contribution in [0.5, 0.6) is 0 Å². The molecule has 0 aliphatic carbocycles. The first-order valence-electron chi connectivity index (χ1n) is 6.94. The summed E-state index contributed by atoms with van der Waals surface area (Å²) in [6.45, 7) is 4.75. The van der Waals surface area contributed by atoms with Crippen molar-refractivity contribution >= 4 is 29.0 Å². The molecule has 0 atom stereocenters. The van der Waals surface area contributed by atoms with Crippen molar-refractivity contribution in [1.29, 1.82) is 0 Å². The zero-order chi connectivity index (χ0) is 15.2. The maximum atomic E-state index is 12.4. The van der Waals surface area contributed by atoms with Gasteiger partial charge in [-0.15, -0.1) is 0 Å². The Labute approximate surface area is 129 Å². The number of carbonyl (C=O) groups is 1. The molecule has 0 aliphatic heterocycles. The van der Waals surface area contributed by atoms with E-state index in [2.05, 4.69) is 15.6 Å². The van der Waals surface area contributed by atoms with Gasteiger partial charge >= 0.3 is 0 Å². The number of amides is 1. The third-order valence-corrected chi connectivity index (χ3v) is 3.41. The Morgan fingerprint density at radius 2 is 2.05 bits per heavy atom. The van der Waals surface area contributed by atoms with Crippen LogP contribution in [-0.4, -0.2) is 17.4 Å². The minimum Gasteiger partial charge on any atom is -0.370 e. The average Bonchev–Trinajstić information content (AvgIpc) is 2.50. The van der Waals surface area contributed by atoms with E-state index in [4.69, 9.17) is 11.6 Å². The van der Waals surface area contributed by atoms with Gasteiger partial charge in [-0.2, -0.15) is 0 Å². The Morgan fingerprint density at radius 1 is 1.29 bits per heavy atom. The van der Waals surface area contributed by atoms with E-state index in [0.717, 1.165) is 24.2 Å². The Hall–Kier alpha value is -2.07. The minimum absolute atomic E-state index is 0.234. The third-order valence-electron chi connectivity index (χ3n) is 3.10. The smallest absolute Gasteiger partial charge is 0.257 e.